The van der Waals surface area contributed by atoms with E-state index in [-0.39, 0.29) is 16.4 Å². The predicted octanol–water partition coefficient (Wildman–Crippen LogP) is 3.97. The van der Waals surface area contributed by atoms with Crippen LogP contribution in [0, 0.1) is 6.92 Å². The molecule has 0 saturated carbocycles. The lowest BCUT2D eigenvalue weighted by molar-refractivity contribution is -0.124. The number of carbonyl (C=O) groups excluding carboxylic acids is 1. The van der Waals surface area contributed by atoms with Gasteiger partial charge in [0.1, 0.15) is 0 Å². The van der Waals surface area contributed by atoms with Gasteiger partial charge in [0.05, 0.1) is 16.4 Å². The van der Waals surface area contributed by atoms with E-state index in [0.29, 0.717) is 17.1 Å². The van der Waals surface area contributed by atoms with Crippen LogP contribution in [0.1, 0.15) is 18.1 Å². The highest BCUT2D eigenvalue weighted by Crippen LogP contribution is 2.44. The minimum Gasteiger partial charge on any atom is -0.503 e. The summed E-state index contributed by atoms with van der Waals surface area (Å²) in [5.41, 5.74) is 1.61. The van der Waals surface area contributed by atoms with Crippen LogP contribution in [-0.4, -0.2) is 47.2 Å². The molecule has 1 aliphatic heterocycles. The van der Waals surface area contributed by atoms with Gasteiger partial charge in [-0.15, -0.1) is 0 Å². The van der Waals surface area contributed by atoms with Crippen LogP contribution in [0.5, 0.6) is 11.5 Å². The Morgan fingerprint density at radius 1 is 1.27 bits per heavy atom. The first kappa shape index (κ1) is 22.5. The van der Waals surface area contributed by atoms with E-state index < -0.39 is 20.7 Å². The fourth-order valence-corrected chi connectivity index (χ4v) is 6.05. The smallest absolute Gasteiger partial charge is 0.296 e. The van der Waals surface area contributed by atoms with Crippen LogP contribution in [0.3, 0.4) is 0 Å². The van der Waals surface area contributed by atoms with Crippen molar-refractivity contribution in [2.24, 2.45) is 0 Å². The molecule has 2 N–H and O–H groups in total. The van der Waals surface area contributed by atoms with Gasteiger partial charge in [0.15, 0.2) is 11.5 Å². The zero-order valence-corrected chi connectivity index (χ0v) is 19.0. The van der Waals surface area contributed by atoms with Gasteiger partial charge in [0, 0.05) is 11.9 Å². The van der Waals surface area contributed by atoms with Crippen molar-refractivity contribution in [1.82, 2.24) is 4.90 Å². The van der Waals surface area contributed by atoms with Crippen LogP contribution in [0.15, 0.2) is 51.1 Å². The van der Waals surface area contributed by atoms with Crippen molar-refractivity contribution in [2.45, 2.75) is 28.3 Å². The molecule has 0 bridgehead atoms. The molecule has 3 rings (SSSR count). The minimum atomic E-state index is -4.43. The summed E-state index contributed by atoms with van der Waals surface area (Å²) in [7, 11) is -3.11. The van der Waals surface area contributed by atoms with E-state index in [4.69, 9.17) is 4.74 Å². The Hall–Kier alpha value is -2.14. The number of aryl methyl sites for hydroxylation is 1. The maximum absolute atomic E-state index is 12.4. The SMILES string of the molecule is CCOc1cc(C=C2SC(S(=O)(=O)O)N(C)C2=O)cc(Sc2ccccc2C)c1O. The lowest BCUT2D eigenvalue weighted by atomic mass is 10.2. The number of rotatable bonds is 6. The molecule has 0 aromatic heterocycles. The normalized spacial score (nSPS) is 18.3. The molecule has 1 aliphatic rings. The molecule has 1 saturated heterocycles. The molecule has 0 radical (unpaired) electrons. The van der Waals surface area contributed by atoms with Crippen LogP contribution in [0.4, 0.5) is 0 Å². The fourth-order valence-electron chi connectivity index (χ4n) is 2.83. The number of phenols is 1. The molecule has 2 aromatic carbocycles. The average molecular weight is 468 g/mol. The van der Waals surface area contributed by atoms with E-state index in [0.717, 1.165) is 27.1 Å². The third-order valence-corrected chi connectivity index (χ3v) is 8.42. The van der Waals surface area contributed by atoms with Crippen molar-refractivity contribution in [1.29, 1.82) is 0 Å². The number of likely N-dealkylation sites (N-methyl/N-ethyl adjacent to an activating group) is 1. The maximum Gasteiger partial charge on any atom is 0.296 e. The Labute approximate surface area is 183 Å². The van der Waals surface area contributed by atoms with Crippen LogP contribution in [-0.2, 0) is 14.9 Å². The van der Waals surface area contributed by atoms with Gasteiger partial charge in [-0.05, 0) is 49.2 Å². The summed E-state index contributed by atoms with van der Waals surface area (Å²) >= 11 is 2.12. The molecular weight excluding hydrogens is 446 g/mol. The lowest BCUT2D eigenvalue weighted by Crippen LogP contribution is -2.33. The van der Waals surface area contributed by atoms with Gasteiger partial charge >= 0.3 is 0 Å². The molecule has 0 spiro atoms. The van der Waals surface area contributed by atoms with Crippen LogP contribution in [0.25, 0.3) is 6.08 Å². The Kier molecular flexibility index (Phi) is 6.71. The first-order valence-electron chi connectivity index (χ1n) is 8.97. The quantitative estimate of drug-likeness (QED) is 0.486. The van der Waals surface area contributed by atoms with Crippen molar-refractivity contribution >= 4 is 45.6 Å². The Bertz CT molecular complexity index is 1110. The Morgan fingerprint density at radius 3 is 2.57 bits per heavy atom. The number of hydrogen-bond acceptors (Lipinski definition) is 7. The summed E-state index contributed by atoms with van der Waals surface area (Å²) < 4.78 is 36.5. The van der Waals surface area contributed by atoms with Gasteiger partial charge in [0.2, 0.25) is 4.71 Å². The molecule has 160 valence electrons. The topological polar surface area (TPSA) is 104 Å². The number of benzene rings is 2. The number of hydrogen-bond donors (Lipinski definition) is 2. The molecule has 30 heavy (non-hydrogen) atoms. The van der Waals surface area contributed by atoms with Crippen molar-refractivity contribution in [3.63, 3.8) is 0 Å². The van der Waals surface area contributed by atoms with Gasteiger partial charge in [-0.3, -0.25) is 9.35 Å². The molecular formula is C20H21NO6S3. The number of aromatic hydroxyl groups is 1. The number of phenolic OH excluding ortho intramolecular Hbond substituents is 1. The molecule has 7 nitrogen and oxygen atoms in total. The molecule has 0 aliphatic carbocycles. The third kappa shape index (κ3) is 4.77. The number of thioether (sulfide) groups is 1. The van der Waals surface area contributed by atoms with Gasteiger partial charge < -0.3 is 14.7 Å². The molecule has 10 heteroatoms. The number of nitrogens with zero attached hydrogens (tertiary/aromatic N) is 1. The molecule has 1 amide bonds. The monoisotopic (exact) mass is 467 g/mol. The highest BCUT2D eigenvalue weighted by atomic mass is 32.3. The van der Waals surface area contributed by atoms with E-state index in [1.54, 1.807) is 19.1 Å². The van der Waals surface area contributed by atoms with Gasteiger partial charge in [0.25, 0.3) is 16.0 Å². The van der Waals surface area contributed by atoms with E-state index in [2.05, 4.69) is 0 Å². The fraction of sp³-hybridized carbons (Fsp3) is 0.250. The van der Waals surface area contributed by atoms with Crippen molar-refractivity contribution in [3.8, 4) is 11.5 Å². The molecule has 1 unspecified atom stereocenters. The first-order chi connectivity index (χ1) is 14.1. The third-order valence-electron chi connectivity index (χ3n) is 4.30. The van der Waals surface area contributed by atoms with E-state index >= 15 is 0 Å². The van der Waals surface area contributed by atoms with E-state index in [1.807, 2.05) is 31.2 Å². The summed E-state index contributed by atoms with van der Waals surface area (Å²) in [6, 6.07) is 11.0. The predicted molar refractivity (Wildman–Crippen MR) is 118 cm³/mol. The molecule has 2 aromatic rings. The molecule has 1 heterocycles. The zero-order valence-electron chi connectivity index (χ0n) is 16.5. The second-order valence-corrected chi connectivity index (χ2v) is 10.5. The molecule has 1 atom stereocenters. The summed E-state index contributed by atoms with van der Waals surface area (Å²) in [6.45, 7) is 4.10. The highest BCUT2D eigenvalue weighted by molar-refractivity contribution is 8.15. The number of carbonyl (C=O) groups is 1. The second-order valence-electron chi connectivity index (χ2n) is 6.53. The van der Waals surface area contributed by atoms with Crippen molar-refractivity contribution in [3.05, 3.63) is 52.4 Å². The maximum atomic E-state index is 12.4. The Balaban J connectivity index is 2.03. The van der Waals surface area contributed by atoms with Crippen LogP contribution in [0.2, 0.25) is 0 Å². The summed E-state index contributed by atoms with van der Waals surface area (Å²) in [6.07, 6.45) is 1.53. The summed E-state index contributed by atoms with van der Waals surface area (Å²) in [4.78, 5) is 15.1. The van der Waals surface area contributed by atoms with Gasteiger partial charge in [-0.2, -0.15) is 8.42 Å². The van der Waals surface area contributed by atoms with Crippen molar-refractivity contribution in [2.75, 3.05) is 13.7 Å². The summed E-state index contributed by atoms with van der Waals surface area (Å²) in [5.74, 6) is -0.259. The highest BCUT2D eigenvalue weighted by Gasteiger charge is 2.41. The van der Waals surface area contributed by atoms with Crippen molar-refractivity contribution < 1.29 is 27.6 Å². The lowest BCUT2D eigenvalue weighted by Gasteiger charge is -2.13. The van der Waals surface area contributed by atoms with E-state index in [1.165, 1.54) is 24.9 Å². The second kappa shape index (κ2) is 8.93. The first-order valence-corrected chi connectivity index (χ1v) is 12.2. The van der Waals surface area contributed by atoms with Crippen LogP contribution < -0.4 is 4.74 Å². The van der Waals surface area contributed by atoms with Gasteiger partial charge in [-0.1, -0.05) is 41.7 Å². The Morgan fingerprint density at radius 2 is 1.97 bits per heavy atom. The number of amides is 1. The zero-order chi connectivity index (χ0) is 22.1. The summed E-state index contributed by atoms with van der Waals surface area (Å²) in [5, 5.41) is 10.6. The average Bonchev–Trinajstić information content (AvgIpc) is 2.96. The standard InChI is InChI=1S/C20H21NO6S3/c1-4-27-14-9-13(11-17-19(23)21(3)20(29-17)30(24,25)26)10-16(18(14)22)28-15-8-6-5-7-12(15)2/h5-11,20,22H,4H2,1-3H3,(H,24,25,26). The number of ether oxygens (including phenoxy) is 1. The van der Waals surface area contributed by atoms with E-state index in [9.17, 15) is 22.9 Å². The van der Waals surface area contributed by atoms with Gasteiger partial charge in [-0.25, -0.2) is 0 Å². The largest absolute Gasteiger partial charge is 0.503 e. The molecule has 1 fully saturated rings. The minimum absolute atomic E-state index is 0.00872. The van der Waals surface area contributed by atoms with Crippen LogP contribution >= 0.6 is 23.5 Å².